The molecule has 20 heavy (non-hydrogen) atoms. The monoisotopic (exact) mass is 279 g/mol. The van der Waals surface area contributed by atoms with E-state index >= 15 is 0 Å². The Morgan fingerprint density at radius 1 is 1.25 bits per heavy atom. The van der Waals surface area contributed by atoms with Crippen LogP contribution in [0.3, 0.4) is 0 Å². The summed E-state index contributed by atoms with van der Waals surface area (Å²) in [5, 5.41) is 11.7. The average Bonchev–Trinajstić information content (AvgIpc) is 2.46. The van der Waals surface area contributed by atoms with Crippen molar-refractivity contribution in [3.63, 3.8) is 0 Å². The summed E-state index contributed by atoms with van der Waals surface area (Å²) < 4.78 is 13.4. The second-order valence-electron chi connectivity index (χ2n) is 5.21. The molecular weight excluding hydrogens is 261 g/mol. The van der Waals surface area contributed by atoms with Crippen molar-refractivity contribution in [2.75, 3.05) is 0 Å². The van der Waals surface area contributed by atoms with E-state index in [-0.39, 0.29) is 24.2 Å². The van der Waals surface area contributed by atoms with Crippen molar-refractivity contribution in [3.05, 3.63) is 35.6 Å². The van der Waals surface area contributed by atoms with Gasteiger partial charge in [0.25, 0.3) is 0 Å². The molecule has 0 bridgehead atoms. The molecule has 4 nitrogen and oxygen atoms in total. The van der Waals surface area contributed by atoms with Gasteiger partial charge in [-0.05, 0) is 25.3 Å². The van der Waals surface area contributed by atoms with Gasteiger partial charge in [-0.3, -0.25) is 9.59 Å². The van der Waals surface area contributed by atoms with Crippen molar-refractivity contribution in [3.8, 4) is 0 Å². The lowest BCUT2D eigenvalue weighted by Crippen LogP contribution is -2.35. The number of carbonyl (C=O) groups is 2. The number of aliphatic carboxylic acids is 1. The second kappa shape index (κ2) is 6.50. The van der Waals surface area contributed by atoms with Crippen LogP contribution >= 0.6 is 0 Å². The SMILES string of the molecule is O=C(O)[C@H]1CCC[C@H](C(=O)NCc2ccccc2F)C1. The molecule has 0 spiro atoms. The Morgan fingerprint density at radius 2 is 1.95 bits per heavy atom. The summed E-state index contributed by atoms with van der Waals surface area (Å²) in [7, 11) is 0. The van der Waals surface area contributed by atoms with Crippen molar-refractivity contribution in [2.45, 2.75) is 32.2 Å². The number of carbonyl (C=O) groups excluding carboxylic acids is 1. The highest BCUT2D eigenvalue weighted by molar-refractivity contribution is 5.80. The van der Waals surface area contributed by atoms with Gasteiger partial charge in [0, 0.05) is 18.0 Å². The molecule has 0 heterocycles. The molecule has 1 aliphatic carbocycles. The highest BCUT2D eigenvalue weighted by atomic mass is 19.1. The van der Waals surface area contributed by atoms with Crippen LogP contribution in [-0.4, -0.2) is 17.0 Å². The van der Waals surface area contributed by atoms with Gasteiger partial charge >= 0.3 is 5.97 Å². The molecule has 108 valence electrons. The summed E-state index contributed by atoms with van der Waals surface area (Å²) in [6, 6.07) is 6.28. The maximum atomic E-state index is 13.4. The van der Waals surface area contributed by atoms with Crippen molar-refractivity contribution in [1.82, 2.24) is 5.32 Å². The highest BCUT2D eigenvalue weighted by Gasteiger charge is 2.30. The minimum Gasteiger partial charge on any atom is -0.481 e. The van der Waals surface area contributed by atoms with Crippen LogP contribution in [0.15, 0.2) is 24.3 Å². The molecule has 1 fully saturated rings. The molecule has 0 aromatic heterocycles. The standard InChI is InChI=1S/C15H18FNO3/c16-13-7-2-1-4-12(13)9-17-14(18)10-5-3-6-11(8-10)15(19)20/h1-2,4,7,10-11H,3,5-6,8-9H2,(H,17,18)(H,19,20)/t10-,11-/m0/s1. The molecule has 2 N–H and O–H groups in total. The van der Waals surface area contributed by atoms with Gasteiger partial charge in [-0.15, -0.1) is 0 Å². The number of hydrogen-bond acceptors (Lipinski definition) is 2. The summed E-state index contributed by atoms with van der Waals surface area (Å²) in [6.45, 7) is 0.139. The summed E-state index contributed by atoms with van der Waals surface area (Å²) in [5.41, 5.74) is 0.437. The number of nitrogens with one attached hydrogen (secondary N) is 1. The van der Waals surface area contributed by atoms with E-state index in [1.807, 2.05) is 0 Å². The predicted molar refractivity (Wildman–Crippen MR) is 71.3 cm³/mol. The number of carboxylic acids is 1. The molecule has 2 rings (SSSR count). The summed E-state index contributed by atoms with van der Waals surface area (Å²) in [5.74, 6) is -2.08. The van der Waals surface area contributed by atoms with Crippen LogP contribution in [0.5, 0.6) is 0 Å². The number of hydrogen-bond donors (Lipinski definition) is 2. The van der Waals surface area contributed by atoms with Crippen molar-refractivity contribution in [2.24, 2.45) is 11.8 Å². The second-order valence-corrected chi connectivity index (χ2v) is 5.21. The average molecular weight is 279 g/mol. The van der Waals surface area contributed by atoms with Gasteiger partial charge in [0.05, 0.1) is 5.92 Å². The predicted octanol–water partition coefficient (Wildman–Crippen LogP) is 2.33. The zero-order valence-electron chi connectivity index (χ0n) is 11.1. The fourth-order valence-electron chi connectivity index (χ4n) is 2.62. The Hall–Kier alpha value is -1.91. The van der Waals surface area contributed by atoms with E-state index in [1.165, 1.54) is 6.07 Å². The molecule has 0 radical (unpaired) electrons. The van der Waals surface area contributed by atoms with Crippen LogP contribution in [0.1, 0.15) is 31.2 Å². The van der Waals surface area contributed by atoms with Crippen molar-refractivity contribution >= 4 is 11.9 Å². The third-order valence-electron chi connectivity index (χ3n) is 3.81. The van der Waals surface area contributed by atoms with Crippen LogP contribution in [0.4, 0.5) is 4.39 Å². The van der Waals surface area contributed by atoms with Gasteiger partial charge in [-0.2, -0.15) is 0 Å². The maximum Gasteiger partial charge on any atom is 0.306 e. The first-order chi connectivity index (χ1) is 9.58. The Balaban J connectivity index is 1.89. The molecular formula is C15H18FNO3. The molecule has 1 aromatic rings. The molecule has 0 aliphatic heterocycles. The minimum absolute atomic E-state index is 0.139. The van der Waals surface area contributed by atoms with Crippen LogP contribution in [0, 0.1) is 17.7 Å². The van der Waals surface area contributed by atoms with E-state index in [0.29, 0.717) is 24.8 Å². The molecule has 1 amide bonds. The van der Waals surface area contributed by atoms with Crippen LogP contribution < -0.4 is 5.32 Å². The van der Waals surface area contributed by atoms with Gasteiger partial charge in [-0.1, -0.05) is 24.6 Å². The topological polar surface area (TPSA) is 66.4 Å². The molecule has 1 saturated carbocycles. The van der Waals surface area contributed by atoms with Crippen LogP contribution in [-0.2, 0) is 16.1 Å². The molecule has 0 saturated heterocycles. The van der Waals surface area contributed by atoms with Gasteiger partial charge < -0.3 is 10.4 Å². The quantitative estimate of drug-likeness (QED) is 0.889. The van der Waals surface area contributed by atoms with E-state index in [2.05, 4.69) is 5.32 Å². The number of halogens is 1. The zero-order valence-corrected chi connectivity index (χ0v) is 11.1. The molecule has 1 aromatic carbocycles. The van der Waals surface area contributed by atoms with Gasteiger partial charge in [-0.25, -0.2) is 4.39 Å². The lowest BCUT2D eigenvalue weighted by molar-refractivity contribution is -0.144. The summed E-state index contributed by atoms with van der Waals surface area (Å²) in [6.07, 6.45) is 2.45. The van der Waals surface area contributed by atoms with Gasteiger partial charge in [0.15, 0.2) is 0 Å². The molecule has 0 unspecified atom stereocenters. The minimum atomic E-state index is -0.836. The van der Waals surface area contributed by atoms with Crippen molar-refractivity contribution < 1.29 is 19.1 Å². The number of carboxylic acid groups (broad SMARTS) is 1. The van der Waals surface area contributed by atoms with E-state index in [0.717, 1.165) is 6.42 Å². The Morgan fingerprint density at radius 3 is 2.65 bits per heavy atom. The Kier molecular flexibility index (Phi) is 4.71. The van der Waals surface area contributed by atoms with E-state index in [9.17, 15) is 14.0 Å². The Labute approximate surface area is 117 Å². The number of amides is 1. The lowest BCUT2D eigenvalue weighted by Gasteiger charge is -2.25. The first-order valence-electron chi connectivity index (χ1n) is 6.82. The number of rotatable bonds is 4. The zero-order chi connectivity index (χ0) is 14.5. The molecule has 1 aliphatic rings. The van der Waals surface area contributed by atoms with E-state index in [1.54, 1.807) is 18.2 Å². The third-order valence-corrected chi connectivity index (χ3v) is 3.81. The van der Waals surface area contributed by atoms with Gasteiger partial charge in [0.1, 0.15) is 5.82 Å². The first kappa shape index (κ1) is 14.5. The molecule has 2 atom stereocenters. The maximum absolute atomic E-state index is 13.4. The first-order valence-corrected chi connectivity index (χ1v) is 6.82. The normalized spacial score (nSPS) is 22.2. The van der Waals surface area contributed by atoms with Crippen molar-refractivity contribution in [1.29, 1.82) is 0 Å². The smallest absolute Gasteiger partial charge is 0.306 e. The fourth-order valence-corrected chi connectivity index (χ4v) is 2.62. The van der Waals surface area contributed by atoms with Crippen LogP contribution in [0.25, 0.3) is 0 Å². The largest absolute Gasteiger partial charge is 0.481 e. The van der Waals surface area contributed by atoms with Crippen LogP contribution in [0.2, 0.25) is 0 Å². The van der Waals surface area contributed by atoms with E-state index in [4.69, 9.17) is 5.11 Å². The highest BCUT2D eigenvalue weighted by Crippen LogP contribution is 2.29. The van der Waals surface area contributed by atoms with Gasteiger partial charge in [0.2, 0.25) is 5.91 Å². The fraction of sp³-hybridized carbons (Fsp3) is 0.467. The van der Waals surface area contributed by atoms with E-state index < -0.39 is 11.9 Å². The summed E-state index contributed by atoms with van der Waals surface area (Å²) in [4.78, 5) is 23.0. The Bertz CT molecular complexity index is 504. The third kappa shape index (κ3) is 3.56. The molecule has 5 heteroatoms. The lowest BCUT2D eigenvalue weighted by atomic mass is 9.81. The number of benzene rings is 1. The summed E-state index contributed by atoms with van der Waals surface area (Å²) >= 11 is 0.